The fraction of sp³-hybridized carbons (Fsp3) is 0.594. The Kier molecular flexibility index (Phi) is 8.74. The summed E-state index contributed by atoms with van der Waals surface area (Å²) in [5, 5.41) is 11.3. The summed E-state index contributed by atoms with van der Waals surface area (Å²) in [6, 6.07) is 9.04. The van der Waals surface area contributed by atoms with E-state index in [-0.39, 0.29) is 46.5 Å². The molecular weight excluding hydrogens is 533 g/mol. The predicted molar refractivity (Wildman–Crippen MR) is 161 cm³/mol. The summed E-state index contributed by atoms with van der Waals surface area (Å²) in [7, 11) is 2.15. The molecule has 3 aliphatic rings. The Morgan fingerprint density at radius 2 is 1.79 bits per heavy atom. The van der Waals surface area contributed by atoms with Crippen LogP contribution in [0, 0.1) is 5.82 Å². The van der Waals surface area contributed by atoms with Crippen molar-refractivity contribution < 1.29 is 13.9 Å². The zero-order valence-corrected chi connectivity index (χ0v) is 24.7. The smallest absolute Gasteiger partial charge is 0.259 e. The molecule has 1 amide bonds. The number of aromatic nitrogens is 3. The fourth-order valence-electron chi connectivity index (χ4n) is 7.31. The van der Waals surface area contributed by atoms with E-state index < -0.39 is 5.82 Å². The molecule has 4 heterocycles. The number of morpholine rings is 1. The molecule has 3 atom stereocenters. The molecule has 6 rings (SSSR count). The topological polar surface area (TPSA) is 110 Å². The molecule has 1 saturated carbocycles. The number of nitrogens with two attached hydrogens (primary N) is 1. The number of fused-ring (bicyclic) bond motifs is 1. The minimum atomic E-state index is -0.543. The van der Waals surface area contributed by atoms with E-state index in [1.54, 1.807) is 0 Å². The summed E-state index contributed by atoms with van der Waals surface area (Å²) in [6.45, 7) is 3.05. The number of benzene rings is 1. The van der Waals surface area contributed by atoms with Crippen LogP contribution < -0.4 is 16.4 Å². The first-order valence-electron chi connectivity index (χ1n) is 15.7. The average molecular weight is 578 g/mol. The Morgan fingerprint density at radius 1 is 1.10 bits per heavy atom. The number of nitrogens with zero attached hydrogens (tertiary/aromatic N) is 4. The second-order valence-corrected chi connectivity index (χ2v) is 12.6. The molecule has 2 aliphatic heterocycles. The molecule has 1 aliphatic carbocycles. The Labute approximate surface area is 247 Å². The van der Waals surface area contributed by atoms with Gasteiger partial charge >= 0.3 is 0 Å². The van der Waals surface area contributed by atoms with Gasteiger partial charge in [-0.3, -0.25) is 9.69 Å². The lowest BCUT2D eigenvalue weighted by Gasteiger charge is -2.47. The number of rotatable bonds is 4. The Balaban J connectivity index is 1.28. The van der Waals surface area contributed by atoms with Crippen molar-refractivity contribution in [1.29, 1.82) is 0 Å². The van der Waals surface area contributed by atoms with Gasteiger partial charge in [-0.1, -0.05) is 69.2 Å². The molecule has 42 heavy (non-hydrogen) atoms. The van der Waals surface area contributed by atoms with Gasteiger partial charge in [0.1, 0.15) is 5.56 Å². The third-order valence-corrected chi connectivity index (χ3v) is 9.76. The number of carbonyl (C=O) groups excluding carboxylic acids is 1. The maximum Gasteiger partial charge on any atom is 0.259 e. The maximum atomic E-state index is 13.8. The SMILES string of the molecule is CN1CCOC[C@@H]1c1ccc(C2CC3(CCCCCCCCC3)NCC2NC(=O)c2c(N)nn3cc(F)cnc23)cc1. The summed E-state index contributed by atoms with van der Waals surface area (Å²) < 4.78 is 20.8. The second kappa shape index (κ2) is 12.7. The molecule has 226 valence electrons. The van der Waals surface area contributed by atoms with Crippen LogP contribution in [-0.4, -0.2) is 70.3 Å². The molecule has 0 bridgehead atoms. The van der Waals surface area contributed by atoms with Crippen molar-refractivity contribution in [3.8, 4) is 0 Å². The van der Waals surface area contributed by atoms with Crippen LogP contribution in [0.25, 0.3) is 5.65 Å². The van der Waals surface area contributed by atoms with Gasteiger partial charge in [-0.25, -0.2) is 13.9 Å². The third-order valence-electron chi connectivity index (χ3n) is 9.76. The first-order valence-corrected chi connectivity index (χ1v) is 15.7. The van der Waals surface area contributed by atoms with Crippen LogP contribution in [0.15, 0.2) is 36.7 Å². The quantitative estimate of drug-likeness (QED) is 0.416. The molecule has 9 nitrogen and oxygen atoms in total. The van der Waals surface area contributed by atoms with Crippen LogP contribution in [0.4, 0.5) is 10.2 Å². The molecule has 2 unspecified atom stereocenters. The van der Waals surface area contributed by atoms with Gasteiger partial charge in [0, 0.05) is 30.6 Å². The van der Waals surface area contributed by atoms with Crippen molar-refractivity contribution in [2.24, 2.45) is 0 Å². The van der Waals surface area contributed by atoms with Crippen molar-refractivity contribution in [1.82, 2.24) is 30.1 Å². The van der Waals surface area contributed by atoms with Crippen LogP contribution >= 0.6 is 0 Å². The number of nitrogens with one attached hydrogen (secondary N) is 2. The number of likely N-dealkylation sites (N-methyl/N-ethyl adjacent to an activating group) is 1. The monoisotopic (exact) mass is 577 g/mol. The van der Waals surface area contributed by atoms with E-state index in [9.17, 15) is 9.18 Å². The van der Waals surface area contributed by atoms with Gasteiger partial charge < -0.3 is 21.1 Å². The van der Waals surface area contributed by atoms with Crippen molar-refractivity contribution in [2.45, 2.75) is 87.7 Å². The van der Waals surface area contributed by atoms with E-state index in [0.29, 0.717) is 13.2 Å². The van der Waals surface area contributed by atoms with Crippen molar-refractivity contribution in [2.75, 3.05) is 39.1 Å². The molecule has 10 heteroatoms. The highest BCUT2D eigenvalue weighted by Gasteiger charge is 2.41. The molecular formula is C32H44FN7O2. The number of nitrogen functional groups attached to an aromatic ring is 1. The van der Waals surface area contributed by atoms with Gasteiger partial charge in [-0.05, 0) is 37.4 Å². The Morgan fingerprint density at radius 3 is 2.50 bits per heavy atom. The zero-order chi connectivity index (χ0) is 29.1. The van der Waals surface area contributed by atoms with Gasteiger partial charge in [0.15, 0.2) is 17.3 Å². The first-order chi connectivity index (χ1) is 20.4. The average Bonchev–Trinajstić information content (AvgIpc) is 3.32. The maximum absolute atomic E-state index is 13.8. The first kappa shape index (κ1) is 29.0. The normalized spacial score (nSPS) is 25.8. The zero-order valence-electron chi connectivity index (χ0n) is 24.7. The lowest BCUT2D eigenvalue weighted by atomic mass is 9.71. The molecule has 3 fully saturated rings. The number of piperidine rings is 1. The second-order valence-electron chi connectivity index (χ2n) is 12.6. The van der Waals surface area contributed by atoms with Gasteiger partial charge in [-0.15, -0.1) is 5.10 Å². The predicted octanol–water partition coefficient (Wildman–Crippen LogP) is 4.59. The van der Waals surface area contributed by atoms with E-state index >= 15 is 0 Å². The van der Waals surface area contributed by atoms with Crippen LogP contribution in [0.2, 0.25) is 0 Å². The summed E-state index contributed by atoms with van der Waals surface area (Å²) in [6.07, 6.45) is 14.5. The molecule has 2 aromatic heterocycles. The van der Waals surface area contributed by atoms with E-state index in [4.69, 9.17) is 10.5 Å². The lowest BCUT2D eigenvalue weighted by Crippen LogP contribution is -2.60. The Hall–Kier alpha value is -3.08. The van der Waals surface area contributed by atoms with Crippen LogP contribution in [0.3, 0.4) is 0 Å². The van der Waals surface area contributed by atoms with Crippen LogP contribution in [-0.2, 0) is 4.74 Å². The molecule has 2 saturated heterocycles. The van der Waals surface area contributed by atoms with E-state index in [1.807, 2.05) is 0 Å². The number of anilines is 1. The molecule has 4 N–H and O–H groups in total. The van der Waals surface area contributed by atoms with Gasteiger partial charge in [0.2, 0.25) is 0 Å². The highest BCUT2D eigenvalue weighted by Crippen LogP contribution is 2.40. The highest BCUT2D eigenvalue weighted by molar-refractivity contribution is 6.04. The van der Waals surface area contributed by atoms with Crippen molar-refractivity contribution >= 4 is 17.4 Å². The molecule has 1 aromatic carbocycles. The number of ether oxygens (including phenoxy) is 1. The summed E-state index contributed by atoms with van der Waals surface area (Å²) in [5.74, 6) is -0.712. The van der Waals surface area contributed by atoms with Crippen LogP contribution in [0.5, 0.6) is 0 Å². The fourth-order valence-corrected chi connectivity index (χ4v) is 7.31. The lowest BCUT2D eigenvalue weighted by molar-refractivity contribution is 0.00505. The van der Waals surface area contributed by atoms with Gasteiger partial charge in [0.05, 0.1) is 31.6 Å². The molecule has 3 aromatic rings. The summed E-state index contributed by atoms with van der Waals surface area (Å²) in [4.78, 5) is 20.2. The number of hydrogen-bond acceptors (Lipinski definition) is 7. The number of hydrogen-bond donors (Lipinski definition) is 3. The number of halogens is 1. The van der Waals surface area contributed by atoms with E-state index in [0.717, 1.165) is 38.6 Å². The molecule has 0 radical (unpaired) electrons. The highest BCUT2D eigenvalue weighted by atomic mass is 19.1. The summed E-state index contributed by atoms with van der Waals surface area (Å²) in [5.41, 5.74) is 9.11. The Bertz CT molecular complexity index is 1370. The minimum absolute atomic E-state index is 0.0397. The third kappa shape index (κ3) is 6.16. The van der Waals surface area contributed by atoms with Crippen LogP contribution in [0.1, 0.15) is 97.7 Å². The number of amides is 1. The van der Waals surface area contributed by atoms with Gasteiger partial charge in [0.25, 0.3) is 5.91 Å². The summed E-state index contributed by atoms with van der Waals surface area (Å²) >= 11 is 0. The number of carbonyl (C=O) groups is 1. The van der Waals surface area contributed by atoms with E-state index in [1.165, 1.54) is 66.8 Å². The van der Waals surface area contributed by atoms with Crippen molar-refractivity contribution in [3.63, 3.8) is 0 Å². The minimum Gasteiger partial charge on any atom is -0.381 e. The van der Waals surface area contributed by atoms with Crippen molar-refractivity contribution in [3.05, 3.63) is 59.2 Å². The van der Waals surface area contributed by atoms with E-state index in [2.05, 4.69) is 56.9 Å². The largest absolute Gasteiger partial charge is 0.381 e. The standard InChI is InChI=1S/C32H44FN7O2/c1-39-15-16-42-21-27(39)23-11-9-22(10-12-23)25-17-32(13-7-5-3-2-4-6-8-14-32)36-19-26(25)37-31(41)28-29(34)38-40-20-24(33)18-35-30(28)40/h9-12,18,20,25-27,36H,2-8,13-17,19,21H2,1H3,(H2,34,38)(H,37,41)/t25?,26?,27-/m1/s1. The van der Waals surface area contributed by atoms with Gasteiger partial charge in [-0.2, -0.15) is 0 Å². The molecule has 1 spiro atoms.